The normalized spacial score (nSPS) is 10.5. The number of hydrogen-bond donors (Lipinski definition) is 1. The van der Waals surface area contributed by atoms with Crippen LogP contribution in [0.1, 0.15) is 0 Å². The summed E-state index contributed by atoms with van der Waals surface area (Å²) in [6.07, 6.45) is 1.80. The fourth-order valence-corrected chi connectivity index (χ4v) is 2.48. The summed E-state index contributed by atoms with van der Waals surface area (Å²) < 4.78 is 6.39. The first-order chi connectivity index (χ1) is 9.78. The predicted octanol–water partition coefficient (Wildman–Crippen LogP) is 4.75. The van der Waals surface area contributed by atoms with Gasteiger partial charge in [0.2, 0.25) is 0 Å². The van der Waals surface area contributed by atoms with Crippen LogP contribution in [0, 0.1) is 0 Å². The largest absolute Gasteiger partial charge is 0.495 e. The van der Waals surface area contributed by atoms with Gasteiger partial charge in [0, 0.05) is 21.7 Å². The number of nitrogens with one attached hydrogen (secondary N) is 1. The Labute approximate surface area is 125 Å². The number of pyridine rings is 1. The van der Waals surface area contributed by atoms with E-state index in [0.29, 0.717) is 0 Å². The molecular weight excluding hydrogens is 316 g/mol. The van der Waals surface area contributed by atoms with Crippen LogP contribution in [-0.2, 0) is 0 Å². The van der Waals surface area contributed by atoms with Gasteiger partial charge in [-0.05, 0) is 36.4 Å². The van der Waals surface area contributed by atoms with Crippen LogP contribution in [0.3, 0.4) is 0 Å². The lowest BCUT2D eigenvalue weighted by Crippen LogP contribution is -1.95. The van der Waals surface area contributed by atoms with E-state index in [1.54, 1.807) is 13.3 Å². The highest BCUT2D eigenvalue weighted by Crippen LogP contribution is 2.31. The summed E-state index contributed by atoms with van der Waals surface area (Å²) in [7, 11) is 1.67. The molecule has 1 heterocycles. The van der Waals surface area contributed by atoms with Gasteiger partial charge < -0.3 is 10.1 Å². The third-order valence-electron chi connectivity index (χ3n) is 3.08. The van der Waals surface area contributed by atoms with Crippen molar-refractivity contribution in [1.82, 2.24) is 4.98 Å². The van der Waals surface area contributed by atoms with Crippen LogP contribution in [0.2, 0.25) is 0 Å². The van der Waals surface area contributed by atoms with E-state index in [9.17, 15) is 0 Å². The van der Waals surface area contributed by atoms with Crippen molar-refractivity contribution in [2.45, 2.75) is 0 Å². The third-order valence-corrected chi connectivity index (χ3v) is 3.57. The van der Waals surface area contributed by atoms with E-state index < -0.39 is 0 Å². The molecule has 0 aliphatic carbocycles. The van der Waals surface area contributed by atoms with Gasteiger partial charge >= 0.3 is 0 Å². The Morgan fingerprint density at radius 2 is 1.90 bits per heavy atom. The molecule has 0 aliphatic heterocycles. The Bertz CT molecular complexity index is 758. The van der Waals surface area contributed by atoms with Gasteiger partial charge in [-0.2, -0.15) is 0 Å². The standard InChI is InChI=1S/C16H13BrN2O/c1-20-16-5-3-2-4-15(16)19-14-8-9-18-13-7-6-11(17)10-12(13)14/h2-10H,1H3,(H,18,19). The summed E-state index contributed by atoms with van der Waals surface area (Å²) in [5.41, 5.74) is 2.89. The molecule has 3 nitrogen and oxygen atoms in total. The second-order valence-corrected chi connectivity index (χ2v) is 5.26. The SMILES string of the molecule is COc1ccccc1Nc1ccnc2ccc(Br)cc12. The molecular formula is C16H13BrN2O. The zero-order chi connectivity index (χ0) is 13.9. The molecule has 2 aromatic carbocycles. The Hall–Kier alpha value is -2.07. The predicted molar refractivity (Wildman–Crippen MR) is 85.7 cm³/mol. The summed E-state index contributed by atoms with van der Waals surface area (Å²) in [4.78, 5) is 4.38. The smallest absolute Gasteiger partial charge is 0.142 e. The Kier molecular flexibility index (Phi) is 3.56. The van der Waals surface area contributed by atoms with Crippen LogP contribution >= 0.6 is 15.9 Å². The van der Waals surface area contributed by atoms with Crippen molar-refractivity contribution in [3.05, 3.63) is 59.2 Å². The number of benzene rings is 2. The first-order valence-electron chi connectivity index (χ1n) is 6.22. The lowest BCUT2D eigenvalue weighted by atomic mass is 10.2. The van der Waals surface area contributed by atoms with Crippen LogP contribution in [0.25, 0.3) is 10.9 Å². The summed E-state index contributed by atoms with van der Waals surface area (Å²) in [6, 6.07) is 15.8. The summed E-state index contributed by atoms with van der Waals surface area (Å²) >= 11 is 3.50. The highest BCUT2D eigenvalue weighted by atomic mass is 79.9. The van der Waals surface area contributed by atoms with Crippen molar-refractivity contribution in [2.75, 3.05) is 12.4 Å². The van der Waals surface area contributed by atoms with E-state index in [0.717, 1.165) is 32.5 Å². The molecule has 0 spiro atoms. The van der Waals surface area contributed by atoms with Crippen molar-refractivity contribution in [1.29, 1.82) is 0 Å². The third kappa shape index (κ3) is 2.47. The maximum Gasteiger partial charge on any atom is 0.142 e. The maximum atomic E-state index is 5.37. The number of ether oxygens (including phenoxy) is 1. The molecule has 3 rings (SSSR count). The van der Waals surface area contributed by atoms with Gasteiger partial charge in [0.25, 0.3) is 0 Å². The lowest BCUT2D eigenvalue weighted by molar-refractivity contribution is 0.417. The zero-order valence-corrected chi connectivity index (χ0v) is 12.5. The number of rotatable bonds is 3. The van der Waals surface area contributed by atoms with Crippen molar-refractivity contribution in [3.63, 3.8) is 0 Å². The Morgan fingerprint density at radius 1 is 1.05 bits per heavy atom. The van der Waals surface area contributed by atoms with E-state index >= 15 is 0 Å². The minimum atomic E-state index is 0.812. The summed E-state index contributed by atoms with van der Waals surface area (Å²) in [5.74, 6) is 0.812. The Balaban J connectivity index is 2.08. The van der Waals surface area contributed by atoms with Gasteiger partial charge in [0.1, 0.15) is 5.75 Å². The number of methoxy groups -OCH3 is 1. The molecule has 0 saturated carbocycles. The van der Waals surface area contributed by atoms with E-state index in [4.69, 9.17) is 4.74 Å². The molecule has 0 fully saturated rings. The average Bonchev–Trinajstić information content (AvgIpc) is 2.48. The average molecular weight is 329 g/mol. The van der Waals surface area contributed by atoms with E-state index in [-0.39, 0.29) is 0 Å². The highest BCUT2D eigenvalue weighted by Gasteiger charge is 2.06. The number of anilines is 2. The second kappa shape index (κ2) is 5.51. The minimum absolute atomic E-state index is 0.812. The maximum absolute atomic E-state index is 5.37. The lowest BCUT2D eigenvalue weighted by Gasteiger charge is -2.12. The van der Waals surface area contributed by atoms with Gasteiger partial charge in [-0.1, -0.05) is 28.1 Å². The topological polar surface area (TPSA) is 34.1 Å². The molecule has 0 saturated heterocycles. The van der Waals surface area contributed by atoms with Gasteiger partial charge in [0.15, 0.2) is 0 Å². The highest BCUT2D eigenvalue weighted by molar-refractivity contribution is 9.10. The molecule has 100 valence electrons. The molecule has 3 aromatic rings. The summed E-state index contributed by atoms with van der Waals surface area (Å²) in [5, 5.41) is 4.47. The number of hydrogen-bond acceptors (Lipinski definition) is 3. The minimum Gasteiger partial charge on any atom is -0.495 e. The van der Waals surface area contributed by atoms with E-state index in [1.165, 1.54) is 0 Å². The molecule has 0 bridgehead atoms. The van der Waals surface area contributed by atoms with Gasteiger partial charge in [-0.25, -0.2) is 0 Å². The molecule has 1 N–H and O–H groups in total. The molecule has 1 aromatic heterocycles. The van der Waals surface area contributed by atoms with Crippen molar-refractivity contribution in [3.8, 4) is 5.75 Å². The second-order valence-electron chi connectivity index (χ2n) is 4.35. The molecule has 0 aliphatic rings. The van der Waals surface area contributed by atoms with Crippen LogP contribution in [0.4, 0.5) is 11.4 Å². The van der Waals surface area contributed by atoms with Crippen molar-refractivity contribution in [2.24, 2.45) is 0 Å². The number of aromatic nitrogens is 1. The molecule has 4 heteroatoms. The number of nitrogens with zero attached hydrogens (tertiary/aromatic N) is 1. The van der Waals surface area contributed by atoms with Crippen molar-refractivity contribution >= 4 is 38.2 Å². The number of para-hydroxylation sites is 2. The van der Waals surface area contributed by atoms with Crippen LogP contribution < -0.4 is 10.1 Å². The van der Waals surface area contributed by atoms with E-state index in [1.807, 2.05) is 42.5 Å². The Morgan fingerprint density at radius 3 is 2.75 bits per heavy atom. The van der Waals surface area contributed by atoms with E-state index in [2.05, 4.69) is 32.3 Å². The van der Waals surface area contributed by atoms with Gasteiger partial charge in [-0.3, -0.25) is 4.98 Å². The molecule has 0 atom stereocenters. The molecule has 0 radical (unpaired) electrons. The number of fused-ring (bicyclic) bond motifs is 1. The van der Waals surface area contributed by atoms with Crippen LogP contribution in [-0.4, -0.2) is 12.1 Å². The monoisotopic (exact) mass is 328 g/mol. The molecule has 20 heavy (non-hydrogen) atoms. The van der Waals surface area contributed by atoms with Crippen LogP contribution in [0.5, 0.6) is 5.75 Å². The fourth-order valence-electron chi connectivity index (χ4n) is 2.12. The van der Waals surface area contributed by atoms with Gasteiger partial charge in [0.05, 0.1) is 18.3 Å². The quantitative estimate of drug-likeness (QED) is 0.753. The summed E-state index contributed by atoms with van der Waals surface area (Å²) in [6.45, 7) is 0. The zero-order valence-electron chi connectivity index (χ0n) is 10.9. The number of halogens is 1. The van der Waals surface area contributed by atoms with Crippen LogP contribution in [0.15, 0.2) is 59.2 Å². The first-order valence-corrected chi connectivity index (χ1v) is 7.01. The first kappa shape index (κ1) is 12.9. The van der Waals surface area contributed by atoms with Crippen molar-refractivity contribution < 1.29 is 4.74 Å². The van der Waals surface area contributed by atoms with Gasteiger partial charge in [-0.15, -0.1) is 0 Å². The fraction of sp³-hybridized carbons (Fsp3) is 0.0625. The molecule has 0 unspecified atom stereocenters. The molecule has 0 amide bonds.